The highest BCUT2D eigenvalue weighted by Gasteiger charge is 2.72. The number of hydrogen-bond acceptors (Lipinski definition) is 3. The van der Waals surface area contributed by atoms with Gasteiger partial charge in [-0.05, 0) is 63.5 Å². The van der Waals surface area contributed by atoms with E-state index < -0.39 is 0 Å². The molecule has 0 radical (unpaired) electrons. The van der Waals surface area contributed by atoms with Gasteiger partial charge in [-0.15, -0.1) is 0 Å². The van der Waals surface area contributed by atoms with Crippen molar-refractivity contribution in [2.75, 3.05) is 13.1 Å². The Hall–Kier alpha value is -0.410. The lowest BCUT2D eigenvalue weighted by Gasteiger charge is -2.58. The van der Waals surface area contributed by atoms with Crippen LogP contribution in [0.4, 0.5) is 0 Å². The van der Waals surface area contributed by atoms with Gasteiger partial charge in [-0.3, -0.25) is 9.69 Å². The van der Waals surface area contributed by atoms with Crippen LogP contribution in [0.1, 0.15) is 51.9 Å². The van der Waals surface area contributed by atoms with Crippen molar-refractivity contribution in [2.24, 2.45) is 17.3 Å². The topological polar surface area (TPSA) is 40.5 Å². The average molecular weight is 263 g/mol. The molecule has 2 heterocycles. The van der Waals surface area contributed by atoms with E-state index in [1.807, 2.05) is 0 Å². The molecule has 4 aliphatic rings. The highest BCUT2D eigenvalue weighted by atomic mass is 16.3. The zero-order valence-corrected chi connectivity index (χ0v) is 11.9. The summed E-state index contributed by atoms with van der Waals surface area (Å²) in [7, 11) is 0. The Kier molecular flexibility index (Phi) is 2.48. The molecule has 106 valence electrons. The van der Waals surface area contributed by atoms with Crippen LogP contribution in [-0.4, -0.2) is 40.5 Å². The van der Waals surface area contributed by atoms with E-state index in [1.165, 1.54) is 0 Å². The predicted octanol–water partition coefficient (Wildman–Crippen LogP) is 1.98. The zero-order valence-electron chi connectivity index (χ0n) is 11.9. The third-order valence-electron chi connectivity index (χ3n) is 6.82. The minimum atomic E-state index is -0.268. The van der Waals surface area contributed by atoms with Crippen molar-refractivity contribution in [1.82, 2.24) is 4.90 Å². The fourth-order valence-corrected chi connectivity index (χ4v) is 6.35. The van der Waals surface area contributed by atoms with Crippen LogP contribution in [0, 0.1) is 17.3 Å². The summed E-state index contributed by atoms with van der Waals surface area (Å²) >= 11 is 0. The second-order valence-electron chi connectivity index (χ2n) is 7.51. The van der Waals surface area contributed by atoms with Crippen LogP contribution in [0.25, 0.3) is 0 Å². The number of hydrogen-bond donors (Lipinski definition) is 1. The van der Waals surface area contributed by atoms with E-state index in [-0.39, 0.29) is 17.1 Å². The van der Waals surface area contributed by atoms with Crippen molar-refractivity contribution in [2.45, 2.75) is 63.5 Å². The van der Waals surface area contributed by atoms with Crippen LogP contribution in [0.3, 0.4) is 0 Å². The number of rotatable bonds is 0. The van der Waals surface area contributed by atoms with Gasteiger partial charge in [0.25, 0.3) is 0 Å². The lowest BCUT2D eigenvalue weighted by atomic mass is 9.53. The number of Topliss-reactive ketones (excluding diaryl/α,β-unsaturated/α-hetero) is 1. The molecule has 2 saturated carbocycles. The Morgan fingerprint density at radius 3 is 2.74 bits per heavy atom. The number of carbonyl (C=O) groups is 1. The smallest absolute Gasteiger partial charge is 0.154 e. The number of carbonyl (C=O) groups excluding carboxylic acids is 1. The van der Waals surface area contributed by atoms with E-state index in [0.29, 0.717) is 17.6 Å². The molecule has 2 aliphatic carbocycles. The molecule has 19 heavy (non-hydrogen) atoms. The highest BCUT2D eigenvalue weighted by Crippen LogP contribution is 2.65. The Bertz CT molecular complexity index is 423. The van der Waals surface area contributed by atoms with Crippen LogP contribution in [0.5, 0.6) is 0 Å². The van der Waals surface area contributed by atoms with Gasteiger partial charge in [0.15, 0.2) is 5.78 Å². The van der Waals surface area contributed by atoms with E-state index in [9.17, 15) is 9.90 Å². The first-order valence-electron chi connectivity index (χ1n) is 8.07. The fraction of sp³-hybridized carbons (Fsp3) is 0.938. The van der Waals surface area contributed by atoms with Gasteiger partial charge in [-0.2, -0.15) is 0 Å². The largest absolute Gasteiger partial charge is 0.392 e. The van der Waals surface area contributed by atoms with Gasteiger partial charge < -0.3 is 5.11 Å². The Labute approximate surface area is 115 Å². The normalized spacial score (nSPS) is 53.8. The molecule has 3 unspecified atom stereocenters. The molecule has 0 bridgehead atoms. The molecule has 5 atom stereocenters. The van der Waals surface area contributed by atoms with Crippen molar-refractivity contribution in [1.29, 1.82) is 0 Å². The fourth-order valence-electron chi connectivity index (χ4n) is 6.35. The van der Waals surface area contributed by atoms with E-state index in [1.54, 1.807) is 0 Å². The summed E-state index contributed by atoms with van der Waals surface area (Å²) < 4.78 is 0. The Balaban J connectivity index is 1.86. The maximum atomic E-state index is 12.9. The third-order valence-corrected chi connectivity index (χ3v) is 6.82. The molecule has 2 saturated heterocycles. The average Bonchev–Trinajstić information content (AvgIpc) is 2.89. The lowest BCUT2D eigenvalue weighted by Crippen LogP contribution is -2.67. The van der Waals surface area contributed by atoms with Gasteiger partial charge in [-0.1, -0.05) is 6.92 Å². The molecule has 2 spiro atoms. The summed E-state index contributed by atoms with van der Waals surface area (Å²) in [5, 5.41) is 10.9. The SMILES string of the molecule is CC1CC(O)C23CCCN4CCC[C@@]42C(=O)C[C@@H]3C1. The summed E-state index contributed by atoms with van der Waals surface area (Å²) in [6.45, 7) is 4.38. The second-order valence-corrected chi connectivity index (χ2v) is 7.51. The van der Waals surface area contributed by atoms with Gasteiger partial charge >= 0.3 is 0 Å². The first kappa shape index (κ1) is 12.3. The minimum Gasteiger partial charge on any atom is -0.392 e. The van der Waals surface area contributed by atoms with Crippen molar-refractivity contribution in [3.63, 3.8) is 0 Å². The summed E-state index contributed by atoms with van der Waals surface area (Å²) in [6, 6.07) is 0. The van der Waals surface area contributed by atoms with Crippen LogP contribution >= 0.6 is 0 Å². The van der Waals surface area contributed by atoms with Gasteiger partial charge in [-0.25, -0.2) is 0 Å². The summed E-state index contributed by atoms with van der Waals surface area (Å²) in [5.74, 6) is 1.48. The van der Waals surface area contributed by atoms with Gasteiger partial charge in [0, 0.05) is 11.8 Å². The molecular weight excluding hydrogens is 238 g/mol. The molecular formula is C16H25NO2. The Morgan fingerprint density at radius 1 is 1.21 bits per heavy atom. The molecule has 0 aromatic carbocycles. The number of aliphatic hydroxyl groups is 1. The first-order chi connectivity index (χ1) is 9.11. The monoisotopic (exact) mass is 263 g/mol. The summed E-state index contributed by atoms with van der Waals surface area (Å²) in [6.07, 6.45) is 6.92. The maximum absolute atomic E-state index is 12.9. The quantitative estimate of drug-likeness (QED) is 0.726. The van der Waals surface area contributed by atoms with Crippen LogP contribution in [0.15, 0.2) is 0 Å². The minimum absolute atomic E-state index is 0.0919. The molecule has 4 fully saturated rings. The molecule has 1 N–H and O–H groups in total. The Morgan fingerprint density at radius 2 is 1.95 bits per heavy atom. The van der Waals surface area contributed by atoms with Crippen LogP contribution in [0.2, 0.25) is 0 Å². The van der Waals surface area contributed by atoms with E-state index in [0.717, 1.165) is 58.0 Å². The van der Waals surface area contributed by atoms with Crippen molar-refractivity contribution >= 4 is 5.78 Å². The zero-order chi connectivity index (χ0) is 13.3. The molecule has 0 aromatic rings. The standard InChI is InChI=1S/C16H25NO2/c1-11-8-12-10-14(19)16-5-3-7-17(16)6-2-4-15(12,16)13(18)9-11/h11-13,18H,2-10H2,1H3/t11?,12-,13?,15?,16-/m0/s1. The van der Waals surface area contributed by atoms with E-state index in [2.05, 4.69) is 11.8 Å². The second kappa shape index (κ2) is 3.82. The van der Waals surface area contributed by atoms with Crippen molar-refractivity contribution in [3.8, 4) is 0 Å². The van der Waals surface area contributed by atoms with Gasteiger partial charge in [0.05, 0.1) is 11.6 Å². The molecule has 0 aromatic heterocycles. The number of aliphatic hydroxyl groups excluding tert-OH is 1. The summed E-state index contributed by atoms with van der Waals surface area (Å²) in [4.78, 5) is 15.3. The predicted molar refractivity (Wildman–Crippen MR) is 72.7 cm³/mol. The molecule has 3 heteroatoms. The van der Waals surface area contributed by atoms with E-state index >= 15 is 0 Å². The van der Waals surface area contributed by atoms with Crippen LogP contribution in [-0.2, 0) is 4.79 Å². The van der Waals surface area contributed by atoms with Gasteiger partial charge in [0.1, 0.15) is 0 Å². The third kappa shape index (κ3) is 1.25. The number of ketones is 1. The molecule has 0 amide bonds. The van der Waals surface area contributed by atoms with Crippen LogP contribution < -0.4 is 0 Å². The van der Waals surface area contributed by atoms with Crippen molar-refractivity contribution in [3.05, 3.63) is 0 Å². The lowest BCUT2D eigenvalue weighted by molar-refractivity contribution is -0.162. The summed E-state index contributed by atoms with van der Waals surface area (Å²) in [5.41, 5.74) is -0.360. The first-order valence-corrected chi connectivity index (χ1v) is 8.07. The van der Waals surface area contributed by atoms with E-state index in [4.69, 9.17) is 0 Å². The molecule has 2 aliphatic heterocycles. The number of piperidine rings is 1. The van der Waals surface area contributed by atoms with Crippen molar-refractivity contribution < 1.29 is 9.90 Å². The van der Waals surface area contributed by atoms with Gasteiger partial charge in [0.2, 0.25) is 0 Å². The molecule has 3 nitrogen and oxygen atoms in total. The maximum Gasteiger partial charge on any atom is 0.154 e. The number of nitrogens with zero attached hydrogens (tertiary/aromatic N) is 1. The molecule has 4 rings (SSSR count). The highest BCUT2D eigenvalue weighted by molar-refractivity contribution is 5.93.